The second-order valence-corrected chi connectivity index (χ2v) is 8.96. The number of aryl methyl sites for hydroxylation is 1. The van der Waals surface area contributed by atoms with Gasteiger partial charge in [0, 0.05) is 13.1 Å². The molecule has 2 N–H and O–H groups in total. The Morgan fingerprint density at radius 2 is 1.58 bits per heavy atom. The highest BCUT2D eigenvalue weighted by molar-refractivity contribution is 8.00. The molecular weight excluding hydrogens is 436 g/mol. The van der Waals surface area contributed by atoms with Crippen molar-refractivity contribution in [1.82, 2.24) is 14.7 Å². The Hall–Kier alpha value is -3.26. The molecule has 0 spiro atoms. The van der Waals surface area contributed by atoms with Crippen molar-refractivity contribution in [1.29, 1.82) is 0 Å². The SMILES string of the molecule is Cc1c(NC(=O)CSCC(=O)NC(C)CCc2ccccc2)c(=O)n(-c2ccccc2)n1C. The van der Waals surface area contributed by atoms with E-state index in [1.807, 2.05) is 55.5 Å². The van der Waals surface area contributed by atoms with Crippen LogP contribution in [0.5, 0.6) is 0 Å². The predicted octanol–water partition coefficient (Wildman–Crippen LogP) is 3.29. The molecule has 33 heavy (non-hydrogen) atoms. The number of amides is 2. The summed E-state index contributed by atoms with van der Waals surface area (Å²) in [6.07, 6.45) is 1.75. The summed E-state index contributed by atoms with van der Waals surface area (Å²) in [6.45, 7) is 3.77. The van der Waals surface area contributed by atoms with Crippen molar-refractivity contribution >= 4 is 29.3 Å². The van der Waals surface area contributed by atoms with Crippen LogP contribution in [0, 0.1) is 6.92 Å². The molecule has 3 rings (SSSR count). The Bertz CT molecular complexity index is 1140. The van der Waals surface area contributed by atoms with Gasteiger partial charge in [0.2, 0.25) is 11.8 Å². The molecule has 0 aliphatic rings. The zero-order valence-corrected chi connectivity index (χ0v) is 20.0. The number of nitrogens with one attached hydrogen (secondary N) is 2. The van der Waals surface area contributed by atoms with E-state index in [-0.39, 0.29) is 40.6 Å². The van der Waals surface area contributed by atoms with E-state index in [4.69, 9.17) is 0 Å². The van der Waals surface area contributed by atoms with Crippen molar-refractivity contribution in [2.75, 3.05) is 16.8 Å². The van der Waals surface area contributed by atoms with Crippen LogP contribution in [0.3, 0.4) is 0 Å². The van der Waals surface area contributed by atoms with E-state index in [0.717, 1.165) is 18.5 Å². The summed E-state index contributed by atoms with van der Waals surface area (Å²) in [5.74, 6) is -0.137. The highest BCUT2D eigenvalue weighted by Gasteiger charge is 2.18. The van der Waals surface area contributed by atoms with Crippen molar-refractivity contribution in [2.24, 2.45) is 7.05 Å². The van der Waals surface area contributed by atoms with Gasteiger partial charge in [-0.2, -0.15) is 0 Å². The fourth-order valence-corrected chi connectivity index (χ4v) is 4.17. The van der Waals surface area contributed by atoms with E-state index in [0.29, 0.717) is 5.69 Å². The average Bonchev–Trinajstić information content (AvgIpc) is 3.02. The maximum Gasteiger partial charge on any atom is 0.295 e. The third kappa shape index (κ3) is 6.61. The molecule has 0 saturated carbocycles. The molecule has 7 nitrogen and oxygen atoms in total. The number of aromatic nitrogens is 2. The summed E-state index contributed by atoms with van der Waals surface area (Å²) in [5.41, 5.74) is 2.59. The number of hydrogen-bond acceptors (Lipinski definition) is 4. The normalized spacial score (nSPS) is 11.7. The molecule has 1 aromatic heterocycles. The Balaban J connectivity index is 1.46. The number of benzene rings is 2. The minimum Gasteiger partial charge on any atom is -0.353 e. The van der Waals surface area contributed by atoms with Crippen LogP contribution in [0.2, 0.25) is 0 Å². The largest absolute Gasteiger partial charge is 0.353 e. The first-order valence-electron chi connectivity index (χ1n) is 10.9. The molecule has 0 aliphatic heterocycles. The number of carbonyl (C=O) groups excluding carboxylic acids is 2. The molecule has 0 radical (unpaired) electrons. The summed E-state index contributed by atoms with van der Waals surface area (Å²) in [4.78, 5) is 37.5. The minimum absolute atomic E-state index is 0.0514. The van der Waals surface area contributed by atoms with Crippen molar-refractivity contribution < 1.29 is 9.59 Å². The van der Waals surface area contributed by atoms with Gasteiger partial charge in [-0.05, 0) is 44.4 Å². The summed E-state index contributed by atoms with van der Waals surface area (Å²) in [5, 5.41) is 5.69. The zero-order chi connectivity index (χ0) is 23.8. The van der Waals surface area contributed by atoms with Crippen LogP contribution in [0.1, 0.15) is 24.6 Å². The van der Waals surface area contributed by atoms with Crippen LogP contribution in [0.4, 0.5) is 5.69 Å². The van der Waals surface area contributed by atoms with Crippen molar-refractivity contribution in [3.63, 3.8) is 0 Å². The number of rotatable bonds is 10. The van der Waals surface area contributed by atoms with Gasteiger partial charge >= 0.3 is 0 Å². The van der Waals surface area contributed by atoms with Gasteiger partial charge in [0.25, 0.3) is 5.56 Å². The number of nitrogens with zero attached hydrogens (tertiary/aromatic N) is 2. The van der Waals surface area contributed by atoms with E-state index >= 15 is 0 Å². The average molecular weight is 467 g/mol. The van der Waals surface area contributed by atoms with E-state index in [1.165, 1.54) is 22.0 Å². The van der Waals surface area contributed by atoms with Gasteiger partial charge in [0.1, 0.15) is 5.69 Å². The number of hydrogen-bond donors (Lipinski definition) is 2. The summed E-state index contributed by atoms with van der Waals surface area (Å²) >= 11 is 1.22. The van der Waals surface area contributed by atoms with E-state index in [9.17, 15) is 14.4 Å². The maximum atomic E-state index is 12.9. The van der Waals surface area contributed by atoms with Crippen molar-refractivity contribution in [3.05, 3.63) is 82.3 Å². The lowest BCUT2D eigenvalue weighted by molar-refractivity contribution is -0.119. The minimum atomic E-state index is -0.309. The number of para-hydroxylation sites is 1. The third-order valence-electron chi connectivity index (χ3n) is 5.40. The monoisotopic (exact) mass is 466 g/mol. The number of thioether (sulfide) groups is 1. The summed E-state index contributed by atoms with van der Waals surface area (Å²) in [6, 6.07) is 19.5. The highest BCUT2D eigenvalue weighted by atomic mass is 32.2. The molecule has 2 amide bonds. The molecule has 0 fully saturated rings. The first-order valence-corrected chi connectivity index (χ1v) is 12.1. The summed E-state index contributed by atoms with van der Waals surface area (Å²) in [7, 11) is 1.78. The van der Waals surface area contributed by atoms with Crippen molar-refractivity contribution in [2.45, 2.75) is 32.7 Å². The molecule has 0 saturated heterocycles. The topological polar surface area (TPSA) is 85.1 Å². The van der Waals surface area contributed by atoms with Gasteiger partial charge < -0.3 is 10.6 Å². The van der Waals surface area contributed by atoms with E-state index in [1.54, 1.807) is 18.7 Å². The highest BCUT2D eigenvalue weighted by Crippen LogP contribution is 2.14. The van der Waals surface area contributed by atoms with Gasteiger partial charge in [0.15, 0.2) is 0 Å². The van der Waals surface area contributed by atoms with E-state index < -0.39 is 0 Å². The fraction of sp³-hybridized carbons (Fsp3) is 0.320. The Kier molecular flexibility index (Phi) is 8.54. The molecule has 174 valence electrons. The molecule has 2 aromatic carbocycles. The Labute approximate surface area is 198 Å². The summed E-state index contributed by atoms with van der Waals surface area (Å²) < 4.78 is 3.23. The quantitative estimate of drug-likeness (QED) is 0.480. The Morgan fingerprint density at radius 3 is 2.24 bits per heavy atom. The zero-order valence-electron chi connectivity index (χ0n) is 19.2. The molecule has 1 atom stereocenters. The second-order valence-electron chi connectivity index (χ2n) is 7.97. The molecular formula is C25H30N4O3S. The van der Waals surface area contributed by atoms with Crippen LogP contribution >= 0.6 is 11.8 Å². The van der Waals surface area contributed by atoms with Crippen molar-refractivity contribution in [3.8, 4) is 5.69 Å². The van der Waals surface area contributed by atoms with Gasteiger partial charge in [-0.3, -0.25) is 19.1 Å². The predicted molar refractivity (Wildman–Crippen MR) is 134 cm³/mol. The molecule has 0 bridgehead atoms. The second kappa shape index (κ2) is 11.6. The molecule has 0 aliphatic carbocycles. The standard InChI is InChI=1S/C25H30N4O3S/c1-18(14-15-20-10-6-4-7-11-20)26-22(30)16-33-17-23(31)27-24-19(2)28(3)29(25(24)32)21-12-8-5-9-13-21/h4-13,18H,14-17H2,1-3H3,(H,26,30)(H,27,31). The number of carbonyl (C=O) groups is 2. The molecule has 3 aromatic rings. The van der Waals surface area contributed by atoms with Gasteiger partial charge in [0.05, 0.1) is 22.9 Å². The van der Waals surface area contributed by atoms with Crippen LogP contribution in [-0.4, -0.2) is 38.7 Å². The lowest BCUT2D eigenvalue weighted by Gasteiger charge is -2.13. The first-order chi connectivity index (χ1) is 15.9. The van der Waals surface area contributed by atoms with Gasteiger partial charge in [-0.1, -0.05) is 48.5 Å². The lowest BCUT2D eigenvalue weighted by atomic mass is 10.1. The first kappa shape index (κ1) is 24.4. The van der Waals surface area contributed by atoms with E-state index in [2.05, 4.69) is 22.8 Å². The van der Waals surface area contributed by atoms with Crippen LogP contribution < -0.4 is 16.2 Å². The lowest BCUT2D eigenvalue weighted by Crippen LogP contribution is -2.34. The Morgan fingerprint density at radius 1 is 0.970 bits per heavy atom. The maximum absolute atomic E-state index is 12.9. The smallest absolute Gasteiger partial charge is 0.295 e. The number of anilines is 1. The molecule has 8 heteroatoms. The fourth-order valence-electron chi connectivity index (χ4n) is 3.54. The van der Waals surface area contributed by atoms with Crippen LogP contribution in [0.25, 0.3) is 5.69 Å². The van der Waals surface area contributed by atoms with Gasteiger partial charge in [-0.15, -0.1) is 11.8 Å². The molecule has 1 unspecified atom stereocenters. The molecule has 1 heterocycles. The van der Waals surface area contributed by atoms with Gasteiger partial charge in [-0.25, -0.2) is 4.68 Å². The van der Waals surface area contributed by atoms with Crippen LogP contribution in [0.15, 0.2) is 65.5 Å². The van der Waals surface area contributed by atoms with Crippen LogP contribution in [-0.2, 0) is 23.1 Å². The third-order valence-corrected chi connectivity index (χ3v) is 6.33.